The van der Waals surface area contributed by atoms with Gasteiger partial charge in [0.05, 0.1) is 0 Å². The molecule has 4 heteroatoms. The maximum Gasteiger partial charge on any atom is 0.226 e. The minimum absolute atomic E-state index is 0.0807. The van der Waals surface area contributed by atoms with Gasteiger partial charge in [-0.15, -0.1) is 0 Å². The first-order valence-corrected chi connectivity index (χ1v) is 6.36. The van der Waals surface area contributed by atoms with Gasteiger partial charge < -0.3 is 15.5 Å². The summed E-state index contributed by atoms with van der Waals surface area (Å²) in [5, 5.41) is 6.40. The number of carbonyl (C=O) groups excluding carboxylic acids is 1. The molecule has 0 aliphatic carbocycles. The van der Waals surface area contributed by atoms with Gasteiger partial charge >= 0.3 is 0 Å². The lowest BCUT2D eigenvalue weighted by atomic mass is 10.1. The van der Waals surface area contributed by atoms with E-state index in [1.807, 2.05) is 14.0 Å². The molecular weight excluding hydrogens is 202 g/mol. The van der Waals surface area contributed by atoms with E-state index in [0.717, 1.165) is 39.0 Å². The molecule has 4 nitrogen and oxygen atoms in total. The highest BCUT2D eigenvalue weighted by molar-refractivity contribution is 5.79. The number of nitrogens with zero attached hydrogens (tertiary/aromatic N) is 1. The van der Waals surface area contributed by atoms with E-state index in [9.17, 15) is 4.79 Å². The molecule has 2 N–H and O–H groups in total. The lowest BCUT2D eigenvalue weighted by Crippen LogP contribution is -2.46. The van der Waals surface area contributed by atoms with Crippen molar-refractivity contribution in [2.24, 2.45) is 5.92 Å². The summed E-state index contributed by atoms with van der Waals surface area (Å²) >= 11 is 0. The van der Waals surface area contributed by atoms with Gasteiger partial charge in [-0.1, -0.05) is 13.8 Å². The standard InChI is InChI=1S/C12H25N3O/c1-4-7-15(11-5-6-14-9-11)12(16)10(2)8-13-3/h10-11,13-14H,4-9H2,1-3H3. The molecule has 0 spiro atoms. The SMILES string of the molecule is CCCN(C(=O)C(C)CNC)C1CCNC1. The van der Waals surface area contributed by atoms with Crippen LogP contribution < -0.4 is 10.6 Å². The van der Waals surface area contributed by atoms with Crippen LogP contribution in [0.1, 0.15) is 26.7 Å². The van der Waals surface area contributed by atoms with Gasteiger partial charge in [0.15, 0.2) is 0 Å². The van der Waals surface area contributed by atoms with Crippen molar-refractivity contribution >= 4 is 5.91 Å². The summed E-state index contributed by atoms with van der Waals surface area (Å²) < 4.78 is 0. The van der Waals surface area contributed by atoms with Gasteiger partial charge in [0.25, 0.3) is 0 Å². The Kier molecular flexibility index (Phi) is 5.77. The Labute approximate surface area is 98.8 Å². The van der Waals surface area contributed by atoms with Crippen molar-refractivity contribution in [2.45, 2.75) is 32.7 Å². The number of nitrogens with one attached hydrogen (secondary N) is 2. The Hall–Kier alpha value is -0.610. The second kappa shape index (κ2) is 6.86. The number of carbonyl (C=O) groups is 1. The van der Waals surface area contributed by atoms with Crippen molar-refractivity contribution in [3.8, 4) is 0 Å². The van der Waals surface area contributed by atoms with Gasteiger partial charge in [-0.2, -0.15) is 0 Å². The summed E-state index contributed by atoms with van der Waals surface area (Å²) in [6.45, 7) is 7.78. The zero-order valence-corrected chi connectivity index (χ0v) is 10.8. The predicted octanol–water partition coefficient (Wildman–Crippen LogP) is 0.442. The minimum atomic E-state index is 0.0807. The minimum Gasteiger partial charge on any atom is -0.338 e. The summed E-state index contributed by atoms with van der Waals surface area (Å²) in [4.78, 5) is 14.3. The third-order valence-corrected chi connectivity index (χ3v) is 3.15. The van der Waals surface area contributed by atoms with Gasteiger partial charge in [-0.25, -0.2) is 0 Å². The van der Waals surface area contributed by atoms with Gasteiger partial charge in [0, 0.05) is 31.6 Å². The first-order chi connectivity index (χ1) is 7.70. The van der Waals surface area contributed by atoms with E-state index in [1.54, 1.807) is 0 Å². The summed E-state index contributed by atoms with van der Waals surface area (Å²) in [7, 11) is 1.89. The van der Waals surface area contributed by atoms with E-state index in [-0.39, 0.29) is 5.92 Å². The molecule has 0 radical (unpaired) electrons. The van der Waals surface area contributed by atoms with Crippen molar-refractivity contribution in [3.63, 3.8) is 0 Å². The summed E-state index contributed by atoms with van der Waals surface area (Å²) in [6.07, 6.45) is 2.13. The summed E-state index contributed by atoms with van der Waals surface area (Å²) in [5.74, 6) is 0.377. The largest absolute Gasteiger partial charge is 0.338 e. The zero-order chi connectivity index (χ0) is 12.0. The molecule has 1 aliphatic rings. The molecule has 16 heavy (non-hydrogen) atoms. The fraction of sp³-hybridized carbons (Fsp3) is 0.917. The zero-order valence-electron chi connectivity index (χ0n) is 10.8. The number of rotatable bonds is 6. The topological polar surface area (TPSA) is 44.4 Å². The molecule has 1 amide bonds. The Morgan fingerprint density at radius 1 is 1.62 bits per heavy atom. The molecule has 0 bridgehead atoms. The lowest BCUT2D eigenvalue weighted by Gasteiger charge is -2.30. The van der Waals surface area contributed by atoms with E-state index in [4.69, 9.17) is 0 Å². The van der Waals surface area contributed by atoms with Crippen LogP contribution in [0, 0.1) is 5.92 Å². The molecule has 2 unspecified atom stereocenters. The Bertz CT molecular complexity index is 214. The first kappa shape index (κ1) is 13.5. The van der Waals surface area contributed by atoms with Gasteiger partial charge in [0.2, 0.25) is 5.91 Å². The van der Waals surface area contributed by atoms with E-state index in [2.05, 4.69) is 22.5 Å². The van der Waals surface area contributed by atoms with Crippen LogP contribution in [0.5, 0.6) is 0 Å². The highest BCUT2D eigenvalue weighted by atomic mass is 16.2. The fourth-order valence-corrected chi connectivity index (χ4v) is 2.30. The van der Waals surface area contributed by atoms with Crippen LogP contribution in [0.4, 0.5) is 0 Å². The molecule has 1 heterocycles. The molecule has 0 aromatic heterocycles. The maximum absolute atomic E-state index is 12.3. The van der Waals surface area contributed by atoms with E-state index in [0.29, 0.717) is 11.9 Å². The maximum atomic E-state index is 12.3. The van der Waals surface area contributed by atoms with E-state index in [1.165, 1.54) is 0 Å². The number of amides is 1. The van der Waals surface area contributed by atoms with Crippen molar-refractivity contribution in [3.05, 3.63) is 0 Å². The monoisotopic (exact) mass is 227 g/mol. The summed E-state index contributed by atoms with van der Waals surface area (Å²) in [6, 6.07) is 0.409. The lowest BCUT2D eigenvalue weighted by molar-refractivity contribution is -0.136. The third-order valence-electron chi connectivity index (χ3n) is 3.15. The average Bonchev–Trinajstić information content (AvgIpc) is 2.78. The van der Waals surface area contributed by atoms with E-state index < -0.39 is 0 Å². The van der Waals surface area contributed by atoms with Crippen LogP contribution in [-0.2, 0) is 4.79 Å². The van der Waals surface area contributed by atoms with Crippen molar-refractivity contribution in [2.75, 3.05) is 33.2 Å². The molecule has 2 atom stereocenters. The molecule has 0 aromatic rings. The van der Waals surface area contributed by atoms with Crippen LogP contribution >= 0.6 is 0 Å². The van der Waals surface area contributed by atoms with Gasteiger partial charge in [0.1, 0.15) is 0 Å². The number of hydrogen-bond acceptors (Lipinski definition) is 3. The molecule has 0 saturated carbocycles. The molecular formula is C12H25N3O. The molecule has 1 saturated heterocycles. The highest BCUT2D eigenvalue weighted by Crippen LogP contribution is 2.13. The number of hydrogen-bond donors (Lipinski definition) is 2. The summed E-state index contributed by atoms with van der Waals surface area (Å²) in [5.41, 5.74) is 0. The third kappa shape index (κ3) is 3.46. The smallest absolute Gasteiger partial charge is 0.226 e. The molecule has 94 valence electrons. The first-order valence-electron chi connectivity index (χ1n) is 6.36. The Balaban J connectivity index is 2.56. The van der Waals surface area contributed by atoms with Gasteiger partial charge in [-0.05, 0) is 26.4 Å². The average molecular weight is 227 g/mol. The predicted molar refractivity (Wildman–Crippen MR) is 66.4 cm³/mol. The van der Waals surface area contributed by atoms with E-state index >= 15 is 0 Å². The Morgan fingerprint density at radius 2 is 2.38 bits per heavy atom. The second-order valence-electron chi connectivity index (χ2n) is 4.64. The molecule has 1 fully saturated rings. The van der Waals surface area contributed by atoms with Crippen LogP contribution in [0.15, 0.2) is 0 Å². The molecule has 1 rings (SSSR count). The quantitative estimate of drug-likeness (QED) is 0.692. The second-order valence-corrected chi connectivity index (χ2v) is 4.64. The highest BCUT2D eigenvalue weighted by Gasteiger charge is 2.28. The van der Waals surface area contributed by atoms with Crippen LogP contribution in [0.3, 0.4) is 0 Å². The van der Waals surface area contributed by atoms with Crippen molar-refractivity contribution in [1.82, 2.24) is 15.5 Å². The van der Waals surface area contributed by atoms with Gasteiger partial charge in [-0.3, -0.25) is 4.79 Å². The molecule has 1 aliphatic heterocycles. The normalized spacial score (nSPS) is 22.1. The van der Waals surface area contributed by atoms with Crippen LogP contribution in [0.2, 0.25) is 0 Å². The fourth-order valence-electron chi connectivity index (χ4n) is 2.30. The Morgan fingerprint density at radius 3 is 2.88 bits per heavy atom. The van der Waals surface area contributed by atoms with Crippen molar-refractivity contribution in [1.29, 1.82) is 0 Å². The van der Waals surface area contributed by atoms with Crippen LogP contribution in [-0.4, -0.2) is 50.1 Å². The molecule has 0 aromatic carbocycles. The van der Waals surface area contributed by atoms with Crippen LogP contribution in [0.25, 0.3) is 0 Å². The van der Waals surface area contributed by atoms with Crippen molar-refractivity contribution < 1.29 is 4.79 Å².